The summed E-state index contributed by atoms with van der Waals surface area (Å²) in [5.74, 6) is -0.474. The highest BCUT2D eigenvalue weighted by molar-refractivity contribution is 7.13. The fraction of sp³-hybridized carbons (Fsp3) is 0.440. The third-order valence-electron chi connectivity index (χ3n) is 6.90. The number of nitrogens with zero attached hydrogens (tertiary/aromatic N) is 4. The Balaban J connectivity index is 1.37. The van der Waals surface area contributed by atoms with E-state index in [-0.39, 0.29) is 23.5 Å². The molecule has 2 aliphatic heterocycles. The smallest absolute Gasteiger partial charge is 0.257 e. The number of benzene rings is 1. The van der Waals surface area contributed by atoms with Gasteiger partial charge >= 0.3 is 0 Å². The van der Waals surface area contributed by atoms with Crippen LogP contribution in [0.15, 0.2) is 24.4 Å². The van der Waals surface area contributed by atoms with Gasteiger partial charge in [0.05, 0.1) is 22.3 Å². The van der Waals surface area contributed by atoms with Crippen molar-refractivity contribution in [1.82, 2.24) is 14.3 Å². The zero-order valence-corrected chi connectivity index (χ0v) is 20.3. The van der Waals surface area contributed by atoms with E-state index in [0.717, 1.165) is 47.5 Å². The molecule has 4 heterocycles. The van der Waals surface area contributed by atoms with Crippen molar-refractivity contribution in [2.75, 3.05) is 36.4 Å². The van der Waals surface area contributed by atoms with Crippen LogP contribution < -0.4 is 10.2 Å². The summed E-state index contributed by atoms with van der Waals surface area (Å²) in [5.41, 5.74) is 3.76. The average Bonchev–Trinajstić information content (AvgIpc) is 3.50. The van der Waals surface area contributed by atoms with Gasteiger partial charge in [-0.05, 0) is 74.8 Å². The lowest BCUT2D eigenvalue weighted by molar-refractivity contribution is -0.120. The van der Waals surface area contributed by atoms with Crippen LogP contribution in [0.25, 0.3) is 10.2 Å². The first kappa shape index (κ1) is 22.7. The maximum absolute atomic E-state index is 13.4. The Labute approximate surface area is 202 Å². The highest BCUT2D eigenvalue weighted by Crippen LogP contribution is 2.37. The van der Waals surface area contributed by atoms with Gasteiger partial charge in [-0.25, -0.2) is 9.37 Å². The summed E-state index contributed by atoms with van der Waals surface area (Å²) in [6.07, 6.45) is 5.10. The van der Waals surface area contributed by atoms with Crippen molar-refractivity contribution in [3.63, 3.8) is 0 Å². The van der Waals surface area contributed by atoms with Gasteiger partial charge in [0.1, 0.15) is 10.6 Å². The third kappa shape index (κ3) is 4.24. The Morgan fingerprint density at radius 2 is 1.85 bits per heavy atom. The van der Waals surface area contributed by atoms with Crippen molar-refractivity contribution in [2.45, 2.75) is 39.5 Å². The van der Waals surface area contributed by atoms with Gasteiger partial charge in [0.2, 0.25) is 5.91 Å². The first-order valence-electron chi connectivity index (χ1n) is 11.8. The van der Waals surface area contributed by atoms with E-state index in [0.29, 0.717) is 42.7 Å². The summed E-state index contributed by atoms with van der Waals surface area (Å²) < 4.78 is 17.9. The van der Waals surface area contributed by atoms with E-state index in [1.165, 1.54) is 23.7 Å². The highest BCUT2D eigenvalue weighted by Gasteiger charge is 2.31. The molecule has 0 spiro atoms. The zero-order valence-electron chi connectivity index (χ0n) is 19.4. The molecule has 34 heavy (non-hydrogen) atoms. The number of anilines is 2. The van der Waals surface area contributed by atoms with Crippen LogP contribution in [-0.2, 0) is 4.79 Å². The molecular weight excluding hydrogens is 453 g/mol. The Morgan fingerprint density at radius 1 is 1.12 bits per heavy atom. The Kier molecular flexibility index (Phi) is 6.20. The van der Waals surface area contributed by atoms with E-state index in [9.17, 15) is 14.0 Å². The first-order chi connectivity index (χ1) is 16.4. The van der Waals surface area contributed by atoms with Crippen molar-refractivity contribution in [1.29, 1.82) is 0 Å². The van der Waals surface area contributed by atoms with Crippen LogP contribution in [0, 0.1) is 25.6 Å². The summed E-state index contributed by atoms with van der Waals surface area (Å²) in [6, 6.07) is 4.38. The number of amides is 2. The molecule has 9 heteroatoms. The van der Waals surface area contributed by atoms with E-state index in [4.69, 9.17) is 0 Å². The number of hydrogen-bond acceptors (Lipinski definition) is 6. The quantitative estimate of drug-likeness (QED) is 0.592. The molecule has 0 unspecified atom stereocenters. The van der Waals surface area contributed by atoms with Crippen molar-refractivity contribution in [2.24, 2.45) is 5.92 Å². The number of likely N-dealkylation sites (tertiary alicyclic amines) is 1. The van der Waals surface area contributed by atoms with E-state index in [1.807, 2.05) is 11.8 Å². The monoisotopic (exact) mass is 481 g/mol. The van der Waals surface area contributed by atoms with E-state index in [2.05, 4.69) is 19.6 Å². The molecule has 7 nitrogen and oxygen atoms in total. The van der Waals surface area contributed by atoms with Gasteiger partial charge in [-0.2, -0.15) is 4.37 Å². The minimum absolute atomic E-state index is 0.0270. The van der Waals surface area contributed by atoms with E-state index >= 15 is 0 Å². The van der Waals surface area contributed by atoms with E-state index < -0.39 is 0 Å². The van der Waals surface area contributed by atoms with Gasteiger partial charge < -0.3 is 15.1 Å². The lowest BCUT2D eigenvalue weighted by Crippen LogP contribution is -2.39. The lowest BCUT2D eigenvalue weighted by Gasteiger charge is -2.35. The number of aryl methyl sites for hydroxylation is 2. The molecule has 5 rings (SSSR count). The second-order valence-corrected chi connectivity index (χ2v) is 9.93. The number of hydrogen-bond donors (Lipinski definition) is 1. The number of fused-ring (bicyclic) bond motifs is 1. The standard InChI is InChI=1S/C25H28FN5O2S/c1-15-13-18(26)5-6-20(15)28-23(32)17-7-11-30(12-8-17)22-19(25(33)31-9-3-4-10-31)14-27-24-21(22)16(2)29-34-24/h5-6,13-14,17H,3-4,7-12H2,1-2H3,(H,28,32). The molecule has 1 N–H and O–H groups in total. The number of aromatic nitrogens is 2. The molecule has 3 aromatic rings. The summed E-state index contributed by atoms with van der Waals surface area (Å²) in [4.78, 5) is 35.8. The molecule has 0 radical (unpaired) electrons. The molecule has 0 aliphatic carbocycles. The number of pyridine rings is 1. The first-order valence-corrected chi connectivity index (χ1v) is 12.6. The van der Waals surface area contributed by atoms with Gasteiger partial charge in [-0.1, -0.05) is 0 Å². The summed E-state index contributed by atoms with van der Waals surface area (Å²) in [7, 11) is 0. The number of carbonyl (C=O) groups is 2. The number of halogens is 1. The van der Waals surface area contributed by atoms with Crippen molar-refractivity contribution < 1.29 is 14.0 Å². The van der Waals surface area contributed by atoms with Gasteiger partial charge in [-0.3, -0.25) is 9.59 Å². The molecule has 178 valence electrons. The van der Waals surface area contributed by atoms with Crippen LogP contribution in [0.5, 0.6) is 0 Å². The second kappa shape index (κ2) is 9.29. The molecule has 0 saturated carbocycles. The van der Waals surface area contributed by atoms with Crippen molar-refractivity contribution >= 4 is 44.9 Å². The maximum Gasteiger partial charge on any atom is 0.257 e. The molecule has 2 aromatic heterocycles. The Morgan fingerprint density at radius 3 is 2.56 bits per heavy atom. The van der Waals surface area contributed by atoms with Crippen molar-refractivity contribution in [3.05, 3.63) is 47.0 Å². The predicted molar refractivity (Wildman–Crippen MR) is 132 cm³/mol. The van der Waals surface area contributed by atoms with E-state index in [1.54, 1.807) is 19.2 Å². The SMILES string of the molecule is Cc1cc(F)ccc1NC(=O)C1CCN(c2c(C(=O)N3CCCC3)cnc3snc(C)c23)CC1. The summed E-state index contributed by atoms with van der Waals surface area (Å²) >= 11 is 1.35. The van der Waals surface area contributed by atoms with Gasteiger partial charge in [0.25, 0.3) is 5.91 Å². The number of nitrogens with one attached hydrogen (secondary N) is 1. The molecule has 1 aromatic carbocycles. The molecular formula is C25H28FN5O2S. The van der Waals surface area contributed by atoms with Crippen LogP contribution >= 0.6 is 11.5 Å². The largest absolute Gasteiger partial charge is 0.370 e. The third-order valence-corrected chi connectivity index (χ3v) is 7.75. The fourth-order valence-corrected chi connectivity index (χ4v) is 5.73. The van der Waals surface area contributed by atoms with Crippen LogP contribution in [-0.4, -0.2) is 52.3 Å². The topological polar surface area (TPSA) is 78.4 Å². The zero-order chi connectivity index (χ0) is 23.8. The normalized spacial score (nSPS) is 16.9. The van der Waals surface area contributed by atoms with Gasteiger partial charge in [0.15, 0.2) is 0 Å². The Hall–Kier alpha value is -3.07. The highest BCUT2D eigenvalue weighted by atomic mass is 32.1. The van der Waals surface area contributed by atoms with Crippen molar-refractivity contribution in [3.8, 4) is 0 Å². The van der Waals surface area contributed by atoms with Gasteiger partial charge in [0, 0.05) is 44.0 Å². The molecule has 2 amide bonds. The predicted octanol–water partition coefficient (Wildman–Crippen LogP) is 4.54. The average molecular weight is 482 g/mol. The summed E-state index contributed by atoms with van der Waals surface area (Å²) in [6.45, 7) is 6.63. The van der Waals surface area contributed by atoms with Crippen LogP contribution in [0.2, 0.25) is 0 Å². The fourth-order valence-electron chi connectivity index (χ4n) is 4.98. The lowest BCUT2D eigenvalue weighted by atomic mass is 9.94. The Bertz CT molecular complexity index is 1250. The minimum Gasteiger partial charge on any atom is -0.370 e. The molecule has 2 saturated heterocycles. The van der Waals surface area contributed by atoms with Crippen LogP contribution in [0.4, 0.5) is 15.8 Å². The number of carbonyl (C=O) groups excluding carboxylic acids is 2. The van der Waals surface area contributed by atoms with Crippen LogP contribution in [0.1, 0.15) is 47.3 Å². The maximum atomic E-state index is 13.4. The molecule has 0 atom stereocenters. The molecule has 2 aliphatic rings. The minimum atomic E-state index is -0.315. The molecule has 0 bridgehead atoms. The van der Waals surface area contributed by atoms with Crippen LogP contribution in [0.3, 0.4) is 0 Å². The summed E-state index contributed by atoms with van der Waals surface area (Å²) in [5, 5.41) is 3.90. The van der Waals surface area contributed by atoms with Gasteiger partial charge in [-0.15, -0.1) is 0 Å². The number of piperidine rings is 1. The number of rotatable bonds is 4. The second-order valence-electron chi connectivity index (χ2n) is 9.18. The molecule has 2 fully saturated rings.